The zero-order chi connectivity index (χ0) is 14.7. The number of sulfonamides is 1. The van der Waals surface area contributed by atoms with Gasteiger partial charge in [0.1, 0.15) is 5.82 Å². The Hall–Kier alpha value is -1.18. The van der Waals surface area contributed by atoms with Gasteiger partial charge in [-0.05, 0) is 17.4 Å². The van der Waals surface area contributed by atoms with Crippen molar-refractivity contribution >= 4 is 15.8 Å². The van der Waals surface area contributed by atoms with E-state index in [1.165, 1.54) is 18.3 Å². The van der Waals surface area contributed by atoms with Crippen molar-refractivity contribution in [2.45, 2.75) is 32.6 Å². The Morgan fingerprint density at radius 2 is 2.05 bits per heavy atom. The molecule has 0 aliphatic heterocycles. The zero-order valence-corrected chi connectivity index (χ0v) is 12.6. The van der Waals surface area contributed by atoms with Gasteiger partial charge in [-0.2, -0.15) is 0 Å². The molecule has 0 spiro atoms. The average Bonchev–Trinajstić information content (AvgIpc) is 2.35. The Morgan fingerprint density at radius 1 is 1.42 bits per heavy atom. The number of anilines is 1. The van der Waals surface area contributed by atoms with E-state index in [0.29, 0.717) is 12.4 Å². The Labute approximate surface area is 114 Å². The van der Waals surface area contributed by atoms with Crippen molar-refractivity contribution in [2.75, 3.05) is 12.0 Å². The van der Waals surface area contributed by atoms with Crippen LogP contribution in [0.1, 0.15) is 27.7 Å². The minimum Gasteiger partial charge on any atom is -0.308 e. The summed E-state index contributed by atoms with van der Waals surface area (Å²) in [5, 5.41) is 0. The molecule has 7 heteroatoms. The summed E-state index contributed by atoms with van der Waals surface area (Å²) >= 11 is 0. The van der Waals surface area contributed by atoms with Crippen LogP contribution in [-0.2, 0) is 10.0 Å². The molecule has 4 N–H and O–H groups in total. The number of nitrogen functional groups attached to an aromatic ring is 1. The molecule has 1 aromatic rings. The SMILES string of the molecule is CC(CNS(=O)(=O)c1ccnc(NN)c1)C(C)(C)C. The van der Waals surface area contributed by atoms with Gasteiger partial charge in [-0.1, -0.05) is 27.7 Å². The van der Waals surface area contributed by atoms with Gasteiger partial charge >= 0.3 is 0 Å². The van der Waals surface area contributed by atoms with Crippen molar-refractivity contribution in [1.82, 2.24) is 9.71 Å². The lowest BCUT2D eigenvalue weighted by Crippen LogP contribution is -2.33. The molecule has 1 rings (SSSR count). The number of hydrazine groups is 1. The van der Waals surface area contributed by atoms with Crippen molar-refractivity contribution < 1.29 is 8.42 Å². The van der Waals surface area contributed by atoms with Gasteiger partial charge in [0.05, 0.1) is 4.90 Å². The lowest BCUT2D eigenvalue weighted by molar-refractivity contribution is 0.263. The number of rotatable bonds is 5. The summed E-state index contributed by atoms with van der Waals surface area (Å²) in [6.45, 7) is 8.64. The smallest absolute Gasteiger partial charge is 0.240 e. The molecule has 0 amide bonds. The van der Waals surface area contributed by atoms with Crippen LogP contribution >= 0.6 is 0 Å². The second kappa shape index (κ2) is 5.85. The fourth-order valence-electron chi connectivity index (χ4n) is 1.28. The average molecular weight is 286 g/mol. The molecule has 1 atom stereocenters. The van der Waals surface area contributed by atoms with E-state index in [1.54, 1.807) is 0 Å². The van der Waals surface area contributed by atoms with Gasteiger partial charge in [0.2, 0.25) is 10.0 Å². The van der Waals surface area contributed by atoms with E-state index >= 15 is 0 Å². The summed E-state index contributed by atoms with van der Waals surface area (Å²) in [4.78, 5) is 4.03. The molecule has 1 unspecified atom stereocenters. The number of nitrogens with zero attached hydrogens (tertiary/aromatic N) is 1. The van der Waals surface area contributed by atoms with E-state index in [-0.39, 0.29) is 16.2 Å². The van der Waals surface area contributed by atoms with Crippen LogP contribution in [0.25, 0.3) is 0 Å². The van der Waals surface area contributed by atoms with Gasteiger partial charge < -0.3 is 5.43 Å². The molecule has 1 aromatic heterocycles. The van der Waals surface area contributed by atoms with Crippen molar-refractivity contribution in [3.8, 4) is 0 Å². The topological polar surface area (TPSA) is 97.1 Å². The minimum absolute atomic E-state index is 0.0464. The number of pyridine rings is 1. The standard InChI is InChI=1S/C12H22N4O2S/c1-9(12(2,3)4)8-15-19(17,18)10-5-6-14-11(7-10)16-13/h5-7,9,15H,8,13H2,1-4H3,(H,14,16). The molecule has 0 saturated heterocycles. The largest absolute Gasteiger partial charge is 0.308 e. The highest BCUT2D eigenvalue weighted by Gasteiger charge is 2.23. The third-order valence-corrected chi connectivity index (χ3v) is 4.67. The molecule has 0 saturated carbocycles. The molecule has 6 nitrogen and oxygen atoms in total. The first-order chi connectivity index (χ1) is 8.66. The number of nitrogens with two attached hydrogens (primary N) is 1. The van der Waals surface area contributed by atoms with Crippen molar-refractivity contribution in [3.05, 3.63) is 18.3 Å². The summed E-state index contributed by atoms with van der Waals surface area (Å²) in [6, 6.07) is 2.83. The van der Waals surface area contributed by atoms with Gasteiger partial charge in [0, 0.05) is 18.8 Å². The maximum absolute atomic E-state index is 12.1. The van der Waals surface area contributed by atoms with E-state index < -0.39 is 10.0 Å². The Bertz CT molecular complexity index is 523. The van der Waals surface area contributed by atoms with Gasteiger partial charge in [-0.25, -0.2) is 24.0 Å². The molecule has 0 fully saturated rings. The summed E-state index contributed by atoms with van der Waals surface area (Å²) in [5.74, 6) is 5.74. The summed E-state index contributed by atoms with van der Waals surface area (Å²) in [5.41, 5.74) is 2.37. The second-order valence-corrected chi connectivity index (χ2v) is 7.41. The minimum atomic E-state index is -3.53. The van der Waals surface area contributed by atoms with Gasteiger partial charge in [0.25, 0.3) is 0 Å². The first kappa shape index (κ1) is 15.9. The predicted octanol–water partition coefficient (Wildman–Crippen LogP) is 1.33. The van der Waals surface area contributed by atoms with Crippen LogP contribution in [0.2, 0.25) is 0 Å². The van der Waals surface area contributed by atoms with Crippen LogP contribution in [0, 0.1) is 11.3 Å². The number of hydrogen-bond acceptors (Lipinski definition) is 5. The summed E-state index contributed by atoms with van der Waals surface area (Å²) < 4.78 is 26.9. The van der Waals surface area contributed by atoms with Gasteiger partial charge in [0.15, 0.2) is 0 Å². The lowest BCUT2D eigenvalue weighted by Gasteiger charge is -2.27. The third-order valence-electron chi connectivity index (χ3n) is 3.25. The summed E-state index contributed by atoms with van der Waals surface area (Å²) in [7, 11) is -3.53. The van der Waals surface area contributed by atoms with E-state index in [4.69, 9.17) is 5.84 Å². The van der Waals surface area contributed by atoms with E-state index in [1.807, 2.05) is 6.92 Å². The van der Waals surface area contributed by atoms with Crippen molar-refractivity contribution in [3.63, 3.8) is 0 Å². The molecular weight excluding hydrogens is 264 g/mol. The van der Waals surface area contributed by atoms with E-state index in [2.05, 4.69) is 35.9 Å². The molecule has 19 heavy (non-hydrogen) atoms. The fraction of sp³-hybridized carbons (Fsp3) is 0.583. The monoisotopic (exact) mass is 286 g/mol. The molecular formula is C12H22N4O2S. The van der Waals surface area contributed by atoms with Crippen LogP contribution in [0.4, 0.5) is 5.82 Å². The van der Waals surface area contributed by atoms with Crippen LogP contribution in [0.3, 0.4) is 0 Å². The highest BCUT2D eigenvalue weighted by Crippen LogP contribution is 2.25. The van der Waals surface area contributed by atoms with Crippen LogP contribution in [0.5, 0.6) is 0 Å². The molecule has 0 aliphatic rings. The van der Waals surface area contributed by atoms with E-state index in [9.17, 15) is 8.42 Å². The zero-order valence-electron chi connectivity index (χ0n) is 11.8. The predicted molar refractivity (Wildman–Crippen MR) is 75.9 cm³/mol. The second-order valence-electron chi connectivity index (χ2n) is 5.64. The molecule has 0 radical (unpaired) electrons. The first-order valence-electron chi connectivity index (χ1n) is 6.09. The number of hydrogen-bond donors (Lipinski definition) is 3. The highest BCUT2D eigenvalue weighted by molar-refractivity contribution is 7.89. The normalized spacial score (nSPS) is 14.2. The Kier molecular flexibility index (Phi) is 4.89. The van der Waals surface area contributed by atoms with Crippen LogP contribution in [0.15, 0.2) is 23.2 Å². The number of nitrogens with one attached hydrogen (secondary N) is 2. The summed E-state index contributed by atoms with van der Waals surface area (Å²) in [6.07, 6.45) is 1.40. The lowest BCUT2D eigenvalue weighted by atomic mass is 9.82. The fourth-order valence-corrected chi connectivity index (χ4v) is 2.42. The van der Waals surface area contributed by atoms with E-state index in [0.717, 1.165) is 0 Å². The molecule has 1 heterocycles. The van der Waals surface area contributed by atoms with Gasteiger partial charge in [-0.3, -0.25) is 0 Å². The molecule has 108 valence electrons. The van der Waals surface area contributed by atoms with Crippen molar-refractivity contribution in [2.24, 2.45) is 17.2 Å². The number of aromatic nitrogens is 1. The maximum Gasteiger partial charge on any atom is 0.240 e. The van der Waals surface area contributed by atoms with Crippen LogP contribution < -0.4 is 16.0 Å². The quantitative estimate of drug-likeness (QED) is 0.560. The maximum atomic E-state index is 12.1. The molecule has 0 aromatic carbocycles. The Balaban J connectivity index is 2.81. The third kappa shape index (κ3) is 4.45. The van der Waals surface area contributed by atoms with Gasteiger partial charge in [-0.15, -0.1) is 0 Å². The first-order valence-corrected chi connectivity index (χ1v) is 7.57. The Morgan fingerprint density at radius 3 is 2.58 bits per heavy atom. The molecule has 0 aliphatic carbocycles. The molecule has 0 bridgehead atoms. The highest BCUT2D eigenvalue weighted by atomic mass is 32.2. The van der Waals surface area contributed by atoms with Crippen molar-refractivity contribution in [1.29, 1.82) is 0 Å². The van der Waals surface area contributed by atoms with Crippen LogP contribution in [-0.4, -0.2) is 19.9 Å².